The highest BCUT2D eigenvalue weighted by Gasteiger charge is 2.27. The lowest BCUT2D eigenvalue weighted by Gasteiger charge is -2.21. The number of rotatable bonds is 7. The van der Waals surface area contributed by atoms with Gasteiger partial charge < -0.3 is 9.30 Å². The average Bonchev–Trinajstić information content (AvgIpc) is 3.11. The van der Waals surface area contributed by atoms with E-state index >= 15 is 0 Å². The molecule has 9 heteroatoms. The molecule has 0 bridgehead atoms. The fourth-order valence-electron chi connectivity index (χ4n) is 3.54. The molecule has 2 aromatic carbocycles. The molecule has 0 saturated heterocycles. The van der Waals surface area contributed by atoms with Crippen LogP contribution in [0.15, 0.2) is 54.7 Å². The number of carbonyl (C=O) groups is 1. The summed E-state index contributed by atoms with van der Waals surface area (Å²) in [5, 5.41) is 22.0. The number of carbonyl (C=O) groups excluding carboxylic acids is 1. The second-order valence-corrected chi connectivity index (χ2v) is 8.59. The first-order valence-corrected chi connectivity index (χ1v) is 10.4. The zero-order valence-corrected chi connectivity index (χ0v) is 18.9. The van der Waals surface area contributed by atoms with Crippen LogP contribution in [-0.4, -0.2) is 26.0 Å². The molecule has 0 spiro atoms. The normalized spacial score (nSPS) is 11.3. The van der Waals surface area contributed by atoms with E-state index in [1.165, 1.54) is 24.3 Å². The Hall–Kier alpha value is -4.01. The number of hydrogen-bond acceptors (Lipinski definition) is 6. The fraction of sp³-hybridized carbons (Fsp3) is 0.292. The van der Waals surface area contributed by atoms with E-state index in [2.05, 4.69) is 0 Å². The second-order valence-electron chi connectivity index (χ2n) is 8.59. The van der Waals surface area contributed by atoms with Crippen LogP contribution in [-0.2, 0) is 17.7 Å². The maximum Gasteiger partial charge on any atom is 0.356 e. The van der Waals surface area contributed by atoms with Crippen LogP contribution in [0.5, 0.6) is 0 Å². The maximum atomic E-state index is 13.3. The largest absolute Gasteiger partial charge is 0.455 e. The van der Waals surface area contributed by atoms with Crippen molar-refractivity contribution < 1.29 is 19.4 Å². The summed E-state index contributed by atoms with van der Waals surface area (Å²) in [5.74, 6) is -0.516. The molecule has 3 rings (SSSR count). The van der Waals surface area contributed by atoms with Gasteiger partial charge in [0, 0.05) is 42.6 Å². The Morgan fingerprint density at radius 2 is 1.45 bits per heavy atom. The summed E-state index contributed by atoms with van der Waals surface area (Å²) >= 11 is 0. The molecule has 33 heavy (non-hydrogen) atoms. The Bertz CT molecular complexity index is 1190. The Morgan fingerprint density at radius 1 is 0.939 bits per heavy atom. The number of ether oxygens (including phenoxy) is 1. The van der Waals surface area contributed by atoms with E-state index in [1.807, 2.05) is 13.1 Å². The van der Waals surface area contributed by atoms with E-state index in [1.54, 1.807) is 49.6 Å². The van der Waals surface area contributed by atoms with Crippen molar-refractivity contribution >= 4 is 17.3 Å². The van der Waals surface area contributed by atoms with E-state index in [9.17, 15) is 25.0 Å². The summed E-state index contributed by atoms with van der Waals surface area (Å²) in [6.07, 6.45) is 2.48. The molecule has 0 radical (unpaired) electrons. The summed E-state index contributed by atoms with van der Waals surface area (Å²) in [5.41, 5.74) is 2.53. The number of nitro benzene ring substituents is 2. The minimum atomic E-state index is -0.724. The number of hydrogen-bond donors (Lipinski definition) is 0. The molecule has 9 nitrogen and oxygen atoms in total. The van der Waals surface area contributed by atoms with Crippen molar-refractivity contribution in [2.24, 2.45) is 0 Å². The van der Waals surface area contributed by atoms with Gasteiger partial charge in [0.15, 0.2) is 0 Å². The fourth-order valence-corrected chi connectivity index (χ4v) is 3.54. The molecule has 3 aromatic rings. The molecule has 0 atom stereocenters. The lowest BCUT2D eigenvalue weighted by atomic mass is 9.99. The average molecular weight is 451 g/mol. The molecule has 0 N–H and O–H groups in total. The second kappa shape index (κ2) is 9.23. The van der Waals surface area contributed by atoms with Gasteiger partial charge >= 0.3 is 5.97 Å². The van der Waals surface area contributed by atoms with Gasteiger partial charge in [0.2, 0.25) is 0 Å². The summed E-state index contributed by atoms with van der Waals surface area (Å²) in [6.45, 7) is 7.59. The maximum absolute atomic E-state index is 13.3. The summed E-state index contributed by atoms with van der Waals surface area (Å²) in [6, 6.07) is 12.2. The summed E-state index contributed by atoms with van der Waals surface area (Å²) < 4.78 is 7.45. The van der Waals surface area contributed by atoms with Crippen molar-refractivity contribution in [3.63, 3.8) is 0 Å². The SMILES string of the molecule is CCc1cn(Cc2ccc([N+](=O)[O-])cc2)c(C(=O)OC(C)(C)C)c1-c1ccc([N+](=O)[O-])cc1. The molecule has 172 valence electrons. The van der Waals surface area contributed by atoms with Gasteiger partial charge in [-0.25, -0.2) is 4.79 Å². The molecule has 0 aliphatic carbocycles. The van der Waals surface area contributed by atoms with Crippen LogP contribution < -0.4 is 0 Å². The number of benzene rings is 2. The molecular formula is C24H25N3O6. The third-order valence-electron chi connectivity index (χ3n) is 5.00. The molecule has 0 unspecified atom stereocenters. The zero-order chi connectivity index (χ0) is 24.3. The van der Waals surface area contributed by atoms with Crippen LogP contribution in [0.4, 0.5) is 11.4 Å². The molecule has 1 heterocycles. The van der Waals surface area contributed by atoms with E-state index < -0.39 is 21.4 Å². The highest BCUT2D eigenvalue weighted by atomic mass is 16.6. The number of esters is 1. The van der Waals surface area contributed by atoms with Crippen LogP contribution in [0.25, 0.3) is 11.1 Å². The Morgan fingerprint density at radius 3 is 1.91 bits per heavy atom. The lowest BCUT2D eigenvalue weighted by molar-refractivity contribution is -0.385. The first-order valence-electron chi connectivity index (χ1n) is 10.4. The third kappa shape index (κ3) is 5.43. The minimum absolute atomic E-state index is 0.0144. The van der Waals surface area contributed by atoms with Crippen LogP contribution in [0, 0.1) is 20.2 Å². The van der Waals surface area contributed by atoms with Gasteiger partial charge in [-0.2, -0.15) is 0 Å². The Labute approximate surface area is 190 Å². The van der Waals surface area contributed by atoms with Crippen LogP contribution in [0.2, 0.25) is 0 Å². The van der Waals surface area contributed by atoms with Gasteiger partial charge in [0.1, 0.15) is 11.3 Å². The lowest BCUT2D eigenvalue weighted by Crippen LogP contribution is -2.26. The smallest absolute Gasteiger partial charge is 0.356 e. The number of nitrogens with zero attached hydrogens (tertiary/aromatic N) is 3. The number of aromatic nitrogens is 1. The van der Waals surface area contributed by atoms with Crippen molar-refractivity contribution in [3.05, 3.63) is 91.8 Å². The molecule has 0 amide bonds. The van der Waals surface area contributed by atoms with Gasteiger partial charge in [0.05, 0.1) is 9.85 Å². The number of aryl methyl sites for hydroxylation is 1. The first kappa shape index (κ1) is 23.6. The highest BCUT2D eigenvalue weighted by Crippen LogP contribution is 2.33. The number of nitro groups is 2. The highest BCUT2D eigenvalue weighted by molar-refractivity contribution is 5.97. The van der Waals surface area contributed by atoms with Gasteiger partial charge in [0.25, 0.3) is 11.4 Å². The predicted octanol–water partition coefficient (Wildman–Crippen LogP) is 5.54. The van der Waals surface area contributed by atoms with Crippen molar-refractivity contribution in [1.82, 2.24) is 4.57 Å². The Kier molecular flexibility index (Phi) is 6.62. The van der Waals surface area contributed by atoms with Gasteiger partial charge in [-0.15, -0.1) is 0 Å². The Balaban J connectivity index is 2.13. The van der Waals surface area contributed by atoms with Crippen LogP contribution in [0.1, 0.15) is 49.3 Å². The quantitative estimate of drug-likeness (QED) is 0.264. The molecule has 0 saturated carbocycles. The van der Waals surface area contributed by atoms with E-state index in [0.29, 0.717) is 29.8 Å². The van der Waals surface area contributed by atoms with Gasteiger partial charge in [-0.1, -0.05) is 19.1 Å². The van der Waals surface area contributed by atoms with Crippen LogP contribution >= 0.6 is 0 Å². The molecular weight excluding hydrogens is 426 g/mol. The molecule has 0 fully saturated rings. The number of non-ortho nitro benzene ring substituents is 2. The standard InChI is InChI=1S/C24H25N3O6/c1-5-17-15-25(14-16-6-10-19(11-7-16)26(29)30)22(23(28)33-24(2,3)4)21(17)18-8-12-20(13-9-18)27(31)32/h6-13,15H,5,14H2,1-4H3. The van der Waals surface area contributed by atoms with E-state index in [0.717, 1.165) is 11.1 Å². The zero-order valence-electron chi connectivity index (χ0n) is 18.9. The van der Waals surface area contributed by atoms with E-state index in [4.69, 9.17) is 4.74 Å². The van der Waals surface area contributed by atoms with Crippen molar-refractivity contribution in [2.75, 3.05) is 0 Å². The van der Waals surface area contributed by atoms with Gasteiger partial charge in [-0.05, 0) is 56.0 Å². The molecule has 1 aromatic heterocycles. The first-order chi connectivity index (χ1) is 15.5. The molecule has 0 aliphatic heterocycles. The predicted molar refractivity (Wildman–Crippen MR) is 123 cm³/mol. The summed E-state index contributed by atoms with van der Waals surface area (Å²) in [7, 11) is 0. The minimum Gasteiger partial charge on any atom is -0.455 e. The topological polar surface area (TPSA) is 118 Å². The monoisotopic (exact) mass is 451 g/mol. The third-order valence-corrected chi connectivity index (χ3v) is 5.00. The van der Waals surface area contributed by atoms with Crippen molar-refractivity contribution in [3.8, 4) is 11.1 Å². The van der Waals surface area contributed by atoms with Crippen molar-refractivity contribution in [2.45, 2.75) is 46.3 Å². The summed E-state index contributed by atoms with van der Waals surface area (Å²) in [4.78, 5) is 34.4. The van der Waals surface area contributed by atoms with Crippen molar-refractivity contribution in [1.29, 1.82) is 0 Å². The van der Waals surface area contributed by atoms with Crippen LogP contribution in [0.3, 0.4) is 0 Å². The molecule has 0 aliphatic rings. The van der Waals surface area contributed by atoms with E-state index in [-0.39, 0.29) is 11.4 Å². The van der Waals surface area contributed by atoms with Gasteiger partial charge in [-0.3, -0.25) is 20.2 Å².